The molecule has 8 atom stereocenters. The number of aromatic nitrogens is 2. The number of halogens is 2. The third kappa shape index (κ3) is 11.9. The number of likely N-dealkylation sites (tertiary alicyclic amines) is 2. The summed E-state index contributed by atoms with van der Waals surface area (Å²) in [5.74, 6) is -2.53. The fourth-order valence-corrected chi connectivity index (χ4v) is 11.2. The number of nitrogens with two attached hydrogens (primary N) is 1. The first kappa shape index (κ1) is 55.7. The summed E-state index contributed by atoms with van der Waals surface area (Å²) < 4.78 is 40.5. The van der Waals surface area contributed by atoms with E-state index >= 15 is 8.78 Å². The monoisotopic (exact) mass is 1050 g/mol. The van der Waals surface area contributed by atoms with E-state index in [-0.39, 0.29) is 56.8 Å². The minimum Gasteiger partial charge on any atom is -0.395 e. The quantitative estimate of drug-likeness (QED) is 0.0474. The highest BCUT2D eigenvalue weighted by Gasteiger charge is 2.40. The summed E-state index contributed by atoms with van der Waals surface area (Å²) in [6, 6.07) is 22.1. The zero-order valence-corrected chi connectivity index (χ0v) is 44.0. The molecule has 18 heteroatoms. The van der Waals surface area contributed by atoms with Crippen LogP contribution in [-0.4, -0.2) is 140 Å². The highest BCUT2D eigenvalue weighted by molar-refractivity contribution is 5.96. The Morgan fingerprint density at radius 2 is 1.16 bits per heavy atom. The van der Waals surface area contributed by atoms with Gasteiger partial charge in [0.25, 0.3) is 0 Å². The van der Waals surface area contributed by atoms with E-state index in [4.69, 9.17) is 10.5 Å². The predicted octanol–water partition coefficient (Wildman–Crippen LogP) is 5.17. The number of nitrogens with zero attached hydrogens (tertiary/aromatic N) is 4. The Morgan fingerprint density at radius 1 is 0.684 bits per heavy atom. The number of hydrogen-bond acceptors (Lipinski definition) is 10. The van der Waals surface area contributed by atoms with Gasteiger partial charge in [0.15, 0.2) is 0 Å². The minimum absolute atomic E-state index is 0.131. The summed E-state index contributed by atoms with van der Waals surface area (Å²) in [6.45, 7) is 7.30. The van der Waals surface area contributed by atoms with Crippen LogP contribution in [0.3, 0.4) is 0 Å². The summed E-state index contributed by atoms with van der Waals surface area (Å²) in [5.41, 5.74) is 12.5. The number of rotatable bonds is 22. The fourth-order valence-electron chi connectivity index (χ4n) is 11.2. The summed E-state index contributed by atoms with van der Waals surface area (Å²) >= 11 is 0. The number of fused-ring (bicyclic) bond motifs is 2. The van der Waals surface area contributed by atoms with Gasteiger partial charge in [-0.25, -0.2) is 8.78 Å². The smallest absolute Gasteiger partial charge is 0.248 e. The summed E-state index contributed by atoms with van der Waals surface area (Å²) in [5, 5.41) is 41.8. The topological polar surface area (TPSA) is 217 Å². The lowest BCUT2D eigenvalue weighted by molar-refractivity contribution is -0.142. The maximum atomic E-state index is 15.3. The molecule has 76 heavy (non-hydrogen) atoms. The van der Waals surface area contributed by atoms with Crippen LogP contribution in [0.5, 0.6) is 0 Å². The molecule has 4 heterocycles. The summed E-state index contributed by atoms with van der Waals surface area (Å²) in [7, 11) is 1.68. The molecule has 0 unspecified atom stereocenters. The number of nitrogens with one attached hydrogen (secondary N) is 3. The first-order valence-corrected chi connectivity index (χ1v) is 26.5. The number of aliphatic hydroxyl groups excluding tert-OH is 3. The largest absolute Gasteiger partial charge is 0.395 e. The van der Waals surface area contributed by atoms with E-state index in [2.05, 4.69) is 16.0 Å². The van der Waals surface area contributed by atoms with Gasteiger partial charge in [0, 0.05) is 49.0 Å². The van der Waals surface area contributed by atoms with Crippen LogP contribution < -0.4 is 21.7 Å². The molecule has 0 bridgehead atoms. The maximum absolute atomic E-state index is 15.3. The lowest BCUT2D eigenvalue weighted by Crippen LogP contribution is -2.58. The van der Waals surface area contributed by atoms with Gasteiger partial charge >= 0.3 is 0 Å². The van der Waals surface area contributed by atoms with Crippen LogP contribution in [0.15, 0.2) is 91.0 Å². The van der Waals surface area contributed by atoms with Crippen LogP contribution in [0.4, 0.5) is 8.78 Å². The van der Waals surface area contributed by atoms with Gasteiger partial charge in [-0.15, -0.1) is 0 Å². The summed E-state index contributed by atoms with van der Waals surface area (Å²) in [6.07, 6.45) is 1.49. The number of aliphatic hydroxyl groups is 3. The van der Waals surface area contributed by atoms with Crippen LogP contribution in [0, 0.1) is 11.6 Å². The van der Waals surface area contributed by atoms with Crippen molar-refractivity contribution in [1.29, 1.82) is 0 Å². The fraction of sp³-hybridized carbons (Fsp3) is 0.448. The first-order valence-electron chi connectivity index (χ1n) is 26.5. The third-order valence-electron chi connectivity index (χ3n) is 15.2. The SMILES string of the molecule is CN[C@@H](C)C(=O)N[C@H](C(=O)N1CCC[C@H]1Cc1c(-c2ccc(-c3c(C[C@@H]4CCCN4C(=O)[C@@H](NC(=O)[C@H](C)N)[C@@H](C)O)c4ccc(F)cc4n3CCO)cc2)n(CCO)c2cc(F)ccc12)[C@@H](C)OCc1ccccc1. The Bertz CT molecular complexity index is 3020. The molecule has 8 N–H and O–H groups in total. The number of ether oxygens (including phenoxy) is 1. The van der Waals surface area contributed by atoms with E-state index in [1.807, 2.05) is 68.6 Å². The Balaban J connectivity index is 1.17. The van der Waals surface area contributed by atoms with E-state index < -0.39 is 59.8 Å². The number of hydrogen-bond donors (Lipinski definition) is 7. The van der Waals surface area contributed by atoms with Crippen LogP contribution in [-0.2, 0) is 56.5 Å². The third-order valence-corrected chi connectivity index (χ3v) is 15.2. The Hall–Kier alpha value is -6.54. The zero-order chi connectivity index (χ0) is 54.4. The molecule has 4 amide bonds. The Kier molecular flexibility index (Phi) is 18.0. The van der Waals surface area contributed by atoms with E-state index in [1.165, 1.54) is 38.1 Å². The molecule has 4 aromatic carbocycles. The first-order chi connectivity index (χ1) is 36.5. The van der Waals surface area contributed by atoms with Gasteiger partial charge in [0.1, 0.15) is 23.7 Å². The molecule has 0 saturated carbocycles. The van der Waals surface area contributed by atoms with Crippen molar-refractivity contribution in [3.63, 3.8) is 0 Å². The van der Waals surface area contributed by atoms with Crippen molar-refractivity contribution in [3.05, 3.63) is 119 Å². The van der Waals surface area contributed by atoms with Crippen LogP contribution >= 0.6 is 0 Å². The molecule has 2 saturated heterocycles. The van der Waals surface area contributed by atoms with Gasteiger partial charge in [-0.3, -0.25) is 19.2 Å². The summed E-state index contributed by atoms with van der Waals surface area (Å²) in [4.78, 5) is 58.7. The normalized spacial score (nSPS) is 18.2. The van der Waals surface area contributed by atoms with Gasteiger partial charge in [0.2, 0.25) is 23.6 Å². The van der Waals surface area contributed by atoms with Gasteiger partial charge < -0.3 is 60.7 Å². The molecule has 2 aliphatic rings. The average Bonchev–Trinajstić information content (AvgIpc) is 4.24. The molecular weight excluding hydrogens is 975 g/mol. The van der Waals surface area contributed by atoms with E-state index in [1.54, 1.807) is 37.9 Å². The van der Waals surface area contributed by atoms with Gasteiger partial charge in [-0.05, 0) is 137 Å². The average molecular weight is 1050 g/mol. The Morgan fingerprint density at radius 3 is 1.61 bits per heavy atom. The van der Waals surface area contributed by atoms with E-state index in [0.29, 0.717) is 68.3 Å². The zero-order valence-electron chi connectivity index (χ0n) is 44.0. The van der Waals surface area contributed by atoms with Gasteiger partial charge in [-0.2, -0.15) is 0 Å². The molecule has 0 radical (unpaired) electrons. The number of benzene rings is 4. The standard InChI is InChI=1S/C58H72F2N8O8/c1-34(61)55(72)63-51(36(3)71)57(74)65-23-9-13-43(65)31-47-45-21-19-41(59)29-49(45)67(25-27-69)53(47)39-15-17-40(18-16-39)54-48(46-22-20-42(60)30-50(46)68(54)26-28-70)32-44-14-10-24-66(44)58(75)52(64-56(73)35(2)62-5)37(4)76-33-38-11-7-6-8-12-38/h6-8,11-12,15-22,29-30,34-37,43-44,51-52,62,69-71H,9-10,13-14,23-28,31-33,61H2,1-5H3,(H,63,72)(H,64,73)/t34-,35-,36+,37+,43-,44-,51-,52-/m0/s1. The van der Waals surface area contributed by atoms with E-state index in [9.17, 15) is 34.5 Å². The predicted molar refractivity (Wildman–Crippen MR) is 288 cm³/mol. The molecule has 2 aliphatic heterocycles. The lowest BCUT2D eigenvalue weighted by Gasteiger charge is -2.33. The number of likely N-dealkylation sites (N-methyl/N-ethyl adjacent to an activating group) is 1. The van der Waals surface area contributed by atoms with Crippen LogP contribution in [0.1, 0.15) is 70.1 Å². The molecule has 8 rings (SSSR count). The molecule has 406 valence electrons. The van der Waals surface area contributed by atoms with Crippen LogP contribution in [0.2, 0.25) is 0 Å². The molecule has 16 nitrogen and oxygen atoms in total. The molecule has 0 aliphatic carbocycles. The highest BCUT2D eigenvalue weighted by Crippen LogP contribution is 2.41. The van der Waals surface area contributed by atoms with Crippen molar-refractivity contribution in [2.75, 3.05) is 33.4 Å². The van der Waals surface area contributed by atoms with E-state index in [0.717, 1.165) is 44.3 Å². The molecule has 6 aromatic rings. The molecule has 2 aromatic heterocycles. The second-order valence-corrected chi connectivity index (χ2v) is 20.4. The van der Waals surface area contributed by atoms with Crippen molar-refractivity contribution in [2.45, 2.75) is 134 Å². The van der Waals surface area contributed by atoms with Crippen molar-refractivity contribution in [1.82, 2.24) is 34.9 Å². The van der Waals surface area contributed by atoms with Crippen LogP contribution in [0.25, 0.3) is 44.3 Å². The molecular formula is C58H72F2N8O8. The number of carbonyl (C=O) groups excluding carboxylic acids is 4. The van der Waals surface area contributed by atoms with Gasteiger partial charge in [-0.1, -0.05) is 54.6 Å². The van der Waals surface area contributed by atoms with Crippen molar-refractivity contribution in [2.24, 2.45) is 5.73 Å². The maximum Gasteiger partial charge on any atom is 0.248 e. The lowest BCUT2D eigenvalue weighted by atomic mass is 9.94. The Labute approximate surface area is 442 Å². The van der Waals surface area contributed by atoms with Gasteiger partial charge in [0.05, 0.1) is 66.5 Å². The number of carbonyl (C=O) groups is 4. The number of amides is 4. The minimum atomic E-state index is -1.22. The van der Waals surface area contributed by atoms with Crippen molar-refractivity contribution in [3.8, 4) is 22.5 Å². The second kappa shape index (κ2) is 24.6. The second-order valence-electron chi connectivity index (χ2n) is 20.4. The van der Waals surface area contributed by atoms with Crippen molar-refractivity contribution < 1.29 is 48.0 Å². The molecule has 0 spiro atoms. The highest BCUT2D eigenvalue weighted by atomic mass is 19.1. The molecule has 2 fully saturated rings. The van der Waals surface area contributed by atoms with Crippen molar-refractivity contribution >= 4 is 45.4 Å².